The number of thiophene rings is 1. The van der Waals surface area contributed by atoms with Gasteiger partial charge in [0.05, 0.1) is 23.6 Å². The highest BCUT2D eigenvalue weighted by Crippen LogP contribution is 2.31. The minimum atomic E-state index is 0.251. The lowest BCUT2D eigenvalue weighted by Crippen LogP contribution is -2.28. The van der Waals surface area contributed by atoms with Gasteiger partial charge in [0, 0.05) is 35.7 Å². The van der Waals surface area contributed by atoms with Crippen molar-refractivity contribution in [2.24, 2.45) is 0 Å². The second-order valence-corrected chi connectivity index (χ2v) is 9.36. The van der Waals surface area contributed by atoms with E-state index in [4.69, 9.17) is 14.5 Å². The summed E-state index contributed by atoms with van der Waals surface area (Å²) in [4.78, 5) is 11.3. The number of ether oxygens (including phenoxy) is 2. The quantitative estimate of drug-likeness (QED) is 0.430. The van der Waals surface area contributed by atoms with Gasteiger partial charge in [0.1, 0.15) is 5.75 Å². The summed E-state index contributed by atoms with van der Waals surface area (Å²) in [5.41, 5.74) is 5.62. The molecule has 0 amide bonds. The number of piperidine rings is 1. The molecule has 0 bridgehead atoms. The molecule has 0 atom stereocenters. The van der Waals surface area contributed by atoms with Crippen LogP contribution in [-0.4, -0.2) is 36.9 Å². The molecule has 1 fully saturated rings. The molecule has 4 heterocycles. The molecular formula is C26H29N3O2S. The fourth-order valence-corrected chi connectivity index (χ4v) is 5.22. The molecule has 2 aromatic heterocycles. The second-order valence-electron chi connectivity index (χ2n) is 8.36. The van der Waals surface area contributed by atoms with Crippen LogP contribution in [-0.2, 0) is 17.8 Å². The molecule has 32 heavy (non-hydrogen) atoms. The minimum Gasteiger partial charge on any atom is -0.468 e. The van der Waals surface area contributed by atoms with Crippen molar-refractivity contribution in [3.05, 3.63) is 70.2 Å². The fraction of sp³-hybridized carbons (Fsp3) is 0.346. The summed E-state index contributed by atoms with van der Waals surface area (Å²) in [6, 6.07) is 14.6. The topological polar surface area (TPSA) is 37.8 Å². The molecule has 1 aromatic carbocycles. The zero-order valence-corrected chi connectivity index (χ0v) is 19.3. The third kappa shape index (κ3) is 4.88. The minimum absolute atomic E-state index is 0.251. The van der Waals surface area contributed by atoms with Crippen LogP contribution in [0.3, 0.4) is 0 Å². The molecule has 5 rings (SSSR count). The largest absolute Gasteiger partial charge is 0.468 e. The molecule has 0 saturated carbocycles. The maximum absolute atomic E-state index is 5.49. The van der Waals surface area contributed by atoms with Gasteiger partial charge in [0.25, 0.3) is 0 Å². The van der Waals surface area contributed by atoms with Gasteiger partial charge in [-0.2, -0.15) is 0 Å². The first-order valence-corrected chi connectivity index (χ1v) is 12.1. The Labute approximate surface area is 193 Å². The fourth-order valence-electron chi connectivity index (χ4n) is 4.30. The molecule has 1 saturated heterocycles. The Bertz CT molecular complexity index is 1070. The van der Waals surface area contributed by atoms with Crippen LogP contribution in [0.15, 0.2) is 54.0 Å². The molecular weight excluding hydrogens is 418 g/mol. The molecule has 0 aliphatic carbocycles. The highest BCUT2D eigenvalue weighted by molar-refractivity contribution is 7.10. The van der Waals surface area contributed by atoms with Crippen LogP contribution < -0.4 is 9.64 Å². The summed E-state index contributed by atoms with van der Waals surface area (Å²) in [7, 11) is 1.62. The van der Waals surface area contributed by atoms with Crippen LogP contribution in [0.5, 0.6) is 5.75 Å². The number of nitrogens with zero attached hydrogens (tertiary/aromatic N) is 3. The maximum atomic E-state index is 5.49. The van der Waals surface area contributed by atoms with Gasteiger partial charge in [-0.05, 0) is 74.0 Å². The van der Waals surface area contributed by atoms with Crippen molar-refractivity contribution in [1.82, 2.24) is 9.88 Å². The number of methoxy groups -OCH3 is 1. The maximum Gasteiger partial charge on any atom is 0.188 e. The molecule has 3 aromatic rings. The monoisotopic (exact) mass is 447 g/mol. The first kappa shape index (κ1) is 21.2. The van der Waals surface area contributed by atoms with Gasteiger partial charge in [-0.1, -0.05) is 12.5 Å². The number of hydrogen-bond donors (Lipinski definition) is 0. The third-order valence-corrected chi connectivity index (χ3v) is 6.97. The first-order chi connectivity index (χ1) is 15.8. The molecule has 0 spiro atoms. The number of hydrogen-bond acceptors (Lipinski definition) is 6. The summed E-state index contributed by atoms with van der Waals surface area (Å²) < 4.78 is 10.5. The lowest BCUT2D eigenvalue weighted by molar-refractivity contribution is 0.0511. The molecule has 2 aliphatic heterocycles. The number of benzene rings is 1. The van der Waals surface area contributed by atoms with Gasteiger partial charge in [0.2, 0.25) is 0 Å². The van der Waals surface area contributed by atoms with E-state index < -0.39 is 0 Å². The van der Waals surface area contributed by atoms with E-state index in [1.165, 1.54) is 48.5 Å². The number of rotatable bonds is 7. The SMILES string of the molecule is COCOc1ccc(-c2ccc3c(n2)CN(c2csc(CN4CCCCC4)c2)C=C3)cc1. The average molecular weight is 448 g/mol. The number of likely N-dealkylation sites (tertiary alicyclic amines) is 1. The third-order valence-electron chi connectivity index (χ3n) is 6.06. The van der Waals surface area contributed by atoms with Crippen LogP contribution in [0, 0.1) is 0 Å². The summed E-state index contributed by atoms with van der Waals surface area (Å²) in [5, 5.41) is 2.28. The Morgan fingerprint density at radius 1 is 1.03 bits per heavy atom. The predicted octanol–water partition coefficient (Wildman–Crippen LogP) is 5.77. The van der Waals surface area contributed by atoms with Crippen LogP contribution >= 0.6 is 11.3 Å². The molecule has 0 N–H and O–H groups in total. The van der Waals surface area contributed by atoms with Gasteiger partial charge in [-0.25, -0.2) is 0 Å². The van der Waals surface area contributed by atoms with Crippen LogP contribution in [0.1, 0.15) is 35.4 Å². The highest BCUT2D eigenvalue weighted by Gasteiger charge is 2.17. The summed E-state index contributed by atoms with van der Waals surface area (Å²) >= 11 is 1.87. The van der Waals surface area contributed by atoms with Crippen molar-refractivity contribution >= 4 is 23.1 Å². The number of aromatic nitrogens is 1. The van der Waals surface area contributed by atoms with Gasteiger partial charge < -0.3 is 14.4 Å². The zero-order valence-electron chi connectivity index (χ0n) is 18.5. The number of pyridine rings is 1. The van der Waals surface area contributed by atoms with Crippen LogP contribution in [0.2, 0.25) is 0 Å². The van der Waals surface area contributed by atoms with E-state index in [2.05, 4.69) is 45.7 Å². The summed E-state index contributed by atoms with van der Waals surface area (Å²) in [5.74, 6) is 0.792. The molecule has 0 unspecified atom stereocenters. The van der Waals surface area contributed by atoms with E-state index in [1.807, 2.05) is 35.6 Å². The predicted molar refractivity (Wildman–Crippen MR) is 131 cm³/mol. The van der Waals surface area contributed by atoms with Crippen LogP contribution in [0.25, 0.3) is 17.3 Å². The van der Waals surface area contributed by atoms with E-state index in [-0.39, 0.29) is 6.79 Å². The van der Waals surface area contributed by atoms with Crippen LogP contribution in [0.4, 0.5) is 5.69 Å². The number of fused-ring (bicyclic) bond motifs is 1. The van der Waals surface area contributed by atoms with Crippen molar-refractivity contribution in [3.63, 3.8) is 0 Å². The van der Waals surface area contributed by atoms with Crippen molar-refractivity contribution in [3.8, 4) is 17.0 Å². The van der Waals surface area contributed by atoms with E-state index in [1.54, 1.807) is 7.11 Å². The molecule has 166 valence electrons. The Morgan fingerprint density at radius 3 is 2.69 bits per heavy atom. The van der Waals surface area contributed by atoms with Gasteiger partial charge in [-0.15, -0.1) is 11.3 Å². The average Bonchev–Trinajstić information content (AvgIpc) is 3.31. The van der Waals surface area contributed by atoms with Crippen molar-refractivity contribution < 1.29 is 9.47 Å². The van der Waals surface area contributed by atoms with Gasteiger partial charge in [0.15, 0.2) is 6.79 Å². The van der Waals surface area contributed by atoms with Gasteiger partial charge in [-0.3, -0.25) is 9.88 Å². The molecule has 0 radical (unpaired) electrons. The van der Waals surface area contributed by atoms with E-state index in [0.29, 0.717) is 0 Å². The second kappa shape index (κ2) is 9.86. The van der Waals surface area contributed by atoms with Crippen molar-refractivity contribution in [2.45, 2.75) is 32.4 Å². The Morgan fingerprint density at radius 2 is 1.88 bits per heavy atom. The molecule has 6 heteroatoms. The summed E-state index contributed by atoms with van der Waals surface area (Å²) in [6.07, 6.45) is 8.39. The first-order valence-electron chi connectivity index (χ1n) is 11.3. The standard InChI is InChI=1S/C26H29N3O2S/c1-30-19-31-23-8-5-20(6-9-23)25-10-7-21-11-14-29(17-26(21)27-25)22-15-24(32-18-22)16-28-12-3-2-4-13-28/h5-11,14-15,18H,2-4,12-13,16-17,19H2,1H3. The van der Waals surface area contributed by atoms with Gasteiger partial charge >= 0.3 is 0 Å². The zero-order chi connectivity index (χ0) is 21.8. The van der Waals surface area contributed by atoms with Crippen molar-refractivity contribution in [2.75, 3.05) is 31.9 Å². The van der Waals surface area contributed by atoms with E-state index >= 15 is 0 Å². The Balaban J connectivity index is 1.28. The Kier molecular flexibility index (Phi) is 6.53. The lowest BCUT2D eigenvalue weighted by atomic mass is 10.1. The smallest absolute Gasteiger partial charge is 0.188 e. The van der Waals surface area contributed by atoms with E-state index in [9.17, 15) is 0 Å². The number of anilines is 1. The molecule has 2 aliphatic rings. The molecule has 5 nitrogen and oxygen atoms in total. The summed E-state index contributed by atoms with van der Waals surface area (Å²) in [6.45, 7) is 4.58. The van der Waals surface area contributed by atoms with Crippen molar-refractivity contribution in [1.29, 1.82) is 0 Å². The highest BCUT2D eigenvalue weighted by atomic mass is 32.1. The Hall–Kier alpha value is -2.67. The normalized spacial score (nSPS) is 16.2. The lowest BCUT2D eigenvalue weighted by Gasteiger charge is -2.26. The van der Waals surface area contributed by atoms with E-state index in [0.717, 1.165) is 35.8 Å².